The van der Waals surface area contributed by atoms with Gasteiger partial charge in [-0.05, 0) is 6.92 Å². The van der Waals surface area contributed by atoms with Gasteiger partial charge in [-0.25, -0.2) is 4.79 Å². The van der Waals surface area contributed by atoms with Crippen LogP contribution in [0.15, 0.2) is 24.5 Å². The second kappa shape index (κ2) is 4.61. The SMILES string of the molecule is C=CCOC=C(C)C(=O)O. The van der Waals surface area contributed by atoms with Gasteiger partial charge in [0.15, 0.2) is 0 Å². The summed E-state index contributed by atoms with van der Waals surface area (Å²) in [6.45, 7) is 5.20. The van der Waals surface area contributed by atoms with Crippen molar-refractivity contribution in [1.29, 1.82) is 0 Å². The summed E-state index contributed by atoms with van der Waals surface area (Å²) in [4.78, 5) is 10.1. The molecule has 0 aliphatic rings. The van der Waals surface area contributed by atoms with Crippen molar-refractivity contribution in [3.8, 4) is 0 Å². The average Bonchev–Trinajstić information content (AvgIpc) is 1.88. The van der Waals surface area contributed by atoms with Crippen LogP contribution in [0.1, 0.15) is 6.92 Å². The summed E-state index contributed by atoms with van der Waals surface area (Å²) in [5.74, 6) is -0.968. The Kier molecular flexibility index (Phi) is 4.04. The lowest BCUT2D eigenvalue weighted by Crippen LogP contribution is -1.96. The molecule has 0 aliphatic carbocycles. The van der Waals surface area contributed by atoms with Crippen LogP contribution in [0.3, 0.4) is 0 Å². The first kappa shape index (κ1) is 8.75. The zero-order chi connectivity index (χ0) is 7.98. The van der Waals surface area contributed by atoms with Gasteiger partial charge in [-0.2, -0.15) is 0 Å². The molecular weight excluding hydrogens is 132 g/mol. The van der Waals surface area contributed by atoms with Gasteiger partial charge in [0.1, 0.15) is 6.61 Å². The van der Waals surface area contributed by atoms with Crippen molar-refractivity contribution >= 4 is 5.97 Å². The van der Waals surface area contributed by atoms with Gasteiger partial charge in [-0.1, -0.05) is 12.7 Å². The number of carboxylic acid groups (broad SMARTS) is 1. The molecule has 0 spiro atoms. The molecule has 0 aromatic heterocycles. The molecule has 0 rings (SSSR count). The maximum absolute atomic E-state index is 10.1. The van der Waals surface area contributed by atoms with Crippen molar-refractivity contribution in [1.82, 2.24) is 0 Å². The second-order valence-electron chi connectivity index (χ2n) is 1.73. The molecule has 10 heavy (non-hydrogen) atoms. The minimum Gasteiger partial charge on any atom is -0.497 e. The van der Waals surface area contributed by atoms with Crippen molar-refractivity contribution in [3.05, 3.63) is 24.5 Å². The molecule has 3 heteroatoms. The maximum Gasteiger partial charge on any atom is 0.334 e. The Hall–Kier alpha value is -1.25. The highest BCUT2D eigenvalue weighted by Crippen LogP contribution is 1.91. The Morgan fingerprint density at radius 3 is 2.80 bits per heavy atom. The summed E-state index contributed by atoms with van der Waals surface area (Å²) >= 11 is 0. The van der Waals surface area contributed by atoms with Crippen molar-refractivity contribution < 1.29 is 14.6 Å². The number of hydrogen-bond donors (Lipinski definition) is 1. The van der Waals surface area contributed by atoms with Gasteiger partial charge in [-0.3, -0.25) is 0 Å². The largest absolute Gasteiger partial charge is 0.497 e. The fraction of sp³-hybridized carbons (Fsp3) is 0.286. The third-order valence-electron chi connectivity index (χ3n) is 0.812. The standard InChI is InChI=1S/C7H10O3/c1-3-4-10-5-6(2)7(8)9/h3,5H,1,4H2,2H3,(H,8,9). The number of hydrogen-bond acceptors (Lipinski definition) is 2. The van der Waals surface area contributed by atoms with Gasteiger partial charge < -0.3 is 9.84 Å². The topological polar surface area (TPSA) is 46.5 Å². The van der Waals surface area contributed by atoms with Crippen LogP contribution in [-0.2, 0) is 9.53 Å². The molecule has 0 unspecified atom stereocenters. The molecule has 1 N–H and O–H groups in total. The quantitative estimate of drug-likeness (QED) is 0.277. The molecule has 0 aromatic carbocycles. The molecule has 3 nitrogen and oxygen atoms in total. The van der Waals surface area contributed by atoms with Crippen molar-refractivity contribution in [2.45, 2.75) is 6.92 Å². The summed E-state index contributed by atoms with van der Waals surface area (Å²) < 4.78 is 4.74. The fourth-order valence-electron chi connectivity index (χ4n) is 0.292. The molecular formula is C7H10O3. The first-order valence-corrected chi connectivity index (χ1v) is 2.81. The van der Waals surface area contributed by atoms with Crippen LogP contribution in [0.2, 0.25) is 0 Å². The zero-order valence-corrected chi connectivity index (χ0v) is 5.83. The van der Waals surface area contributed by atoms with E-state index in [1.807, 2.05) is 0 Å². The summed E-state index contributed by atoms with van der Waals surface area (Å²) in [6, 6.07) is 0. The van der Waals surface area contributed by atoms with Crippen molar-refractivity contribution in [2.75, 3.05) is 6.61 Å². The highest BCUT2D eigenvalue weighted by molar-refractivity contribution is 5.85. The van der Waals surface area contributed by atoms with E-state index in [0.717, 1.165) is 0 Å². The highest BCUT2D eigenvalue weighted by atomic mass is 16.5. The zero-order valence-electron chi connectivity index (χ0n) is 5.83. The number of carbonyl (C=O) groups is 1. The Morgan fingerprint density at radius 2 is 2.40 bits per heavy atom. The van der Waals surface area contributed by atoms with E-state index >= 15 is 0 Å². The Morgan fingerprint density at radius 1 is 1.80 bits per heavy atom. The second-order valence-corrected chi connectivity index (χ2v) is 1.73. The monoisotopic (exact) mass is 142 g/mol. The van der Waals surface area contributed by atoms with Gasteiger partial charge >= 0.3 is 5.97 Å². The first-order chi connectivity index (χ1) is 4.68. The summed E-state index contributed by atoms with van der Waals surface area (Å²) in [5, 5.41) is 8.31. The lowest BCUT2D eigenvalue weighted by Gasteiger charge is -1.94. The molecule has 0 amide bonds. The molecule has 0 aromatic rings. The average molecular weight is 142 g/mol. The molecule has 0 saturated carbocycles. The number of rotatable bonds is 4. The molecule has 0 aliphatic heterocycles. The molecule has 56 valence electrons. The Balaban J connectivity index is 3.68. The van der Waals surface area contributed by atoms with Crippen LogP contribution in [0.4, 0.5) is 0 Å². The third kappa shape index (κ3) is 3.72. The van der Waals surface area contributed by atoms with E-state index in [4.69, 9.17) is 9.84 Å². The van der Waals surface area contributed by atoms with E-state index < -0.39 is 5.97 Å². The number of carboxylic acids is 1. The smallest absolute Gasteiger partial charge is 0.334 e. The summed E-state index contributed by atoms with van der Waals surface area (Å²) in [7, 11) is 0. The Labute approximate surface area is 59.6 Å². The predicted molar refractivity (Wildman–Crippen MR) is 37.5 cm³/mol. The predicted octanol–water partition coefficient (Wildman–Crippen LogP) is 1.18. The molecule has 0 atom stereocenters. The van der Waals surface area contributed by atoms with Gasteiger partial charge in [0.05, 0.1) is 11.8 Å². The summed E-state index contributed by atoms with van der Waals surface area (Å²) in [6.07, 6.45) is 2.75. The lowest BCUT2D eigenvalue weighted by molar-refractivity contribution is -0.132. The van der Waals surface area contributed by atoms with E-state index in [1.165, 1.54) is 13.2 Å². The van der Waals surface area contributed by atoms with Crippen LogP contribution in [0.5, 0.6) is 0 Å². The van der Waals surface area contributed by atoms with E-state index in [0.29, 0.717) is 6.61 Å². The number of ether oxygens (including phenoxy) is 1. The van der Waals surface area contributed by atoms with Crippen molar-refractivity contribution in [2.24, 2.45) is 0 Å². The lowest BCUT2D eigenvalue weighted by atomic mass is 10.3. The molecule has 0 radical (unpaired) electrons. The molecule has 0 heterocycles. The van der Waals surface area contributed by atoms with E-state index in [2.05, 4.69) is 6.58 Å². The van der Waals surface area contributed by atoms with Gasteiger partial charge in [0, 0.05) is 0 Å². The Bertz CT molecular complexity index is 158. The molecule has 0 bridgehead atoms. The van der Waals surface area contributed by atoms with Crippen molar-refractivity contribution in [3.63, 3.8) is 0 Å². The normalized spacial score (nSPS) is 10.7. The van der Waals surface area contributed by atoms with Gasteiger partial charge in [0.2, 0.25) is 0 Å². The maximum atomic E-state index is 10.1. The van der Waals surface area contributed by atoms with Crippen LogP contribution < -0.4 is 0 Å². The summed E-state index contributed by atoms with van der Waals surface area (Å²) in [5.41, 5.74) is 0.182. The molecule has 0 fully saturated rings. The van der Waals surface area contributed by atoms with E-state index in [1.54, 1.807) is 6.08 Å². The van der Waals surface area contributed by atoms with Gasteiger partial charge in [-0.15, -0.1) is 0 Å². The van der Waals surface area contributed by atoms with Crippen LogP contribution in [0, 0.1) is 0 Å². The van der Waals surface area contributed by atoms with E-state index in [-0.39, 0.29) is 5.57 Å². The first-order valence-electron chi connectivity index (χ1n) is 2.81. The third-order valence-corrected chi connectivity index (χ3v) is 0.812. The molecule has 0 saturated heterocycles. The fourth-order valence-corrected chi connectivity index (χ4v) is 0.292. The number of aliphatic carboxylic acids is 1. The van der Waals surface area contributed by atoms with E-state index in [9.17, 15) is 4.79 Å². The minimum absolute atomic E-state index is 0.182. The van der Waals surface area contributed by atoms with Crippen LogP contribution in [0.25, 0.3) is 0 Å². The van der Waals surface area contributed by atoms with Crippen LogP contribution in [-0.4, -0.2) is 17.7 Å². The minimum atomic E-state index is -0.968. The highest BCUT2D eigenvalue weighted by Gasteiger charge is 1.97. The van der Waals surface area contributed by atoms with Crippen LogP contribution >= 0.6 is 0 Å². The van der Waals surface area contributed by atoms with Gasteiger partial charge in [0.25, 0.3) is 0 Å².